The van der Waals surface area contributed by atoms with Gasteiger partial charge in [0.15, 0.2) is 5.79 Å². The molecule has 0 aromatic heterocycles. The van der Waals surface area contributed by atoms with Crippen LogP contribution in [0.3, 0.4) is 0 Å². The van der Waals surface area contributed by atoms with Crippen LogP contribution in [0.15, 0.2) is 23.8 Å². The van der Waals surface area contributed by atoms with E-state index in [2.05, 4.69) is 20.4 Å². The van der Waals surface area contributed by atoms with Gasteiger partial charge in [-0.1, -0.05) is 26.8 Å². The third-order valence-corrected chi connectivity index (χ3v) is 6.17. The second-order valence-electron chi connectivity index (χ2n) is 8.28. The number of carbonyl (C=O) groups excluding carboxylic acids is 1. The Hall–Kier alpha value is -1.25. The molecule has 3 aliphatic heterocycles. The maximum absolute atomic E-state index is 12.2. The van der Waals surface area contributed by atoms with Crippen LogP contribution >= 0.6 is 0 Å². The zero-order chi connectivity index (χ0) is 20.0. The second kappa shape index (κ2) is 7.29. The number of rotatable bonds is 5. The predicted octanol–water partition coefficient (Wildman–Crippen LogP) is 1.07. The third-order valence-electron chi connectivity index (χ3n) is 6.17. The molecule has 0 saturated carbocycles. The van der Waals surface area contributed by atoms with Gasteiger partial charge in [0.05, 0.1) is 30.3 Å². The summed E-state index contributed by atoms with van der Waals surface area (Å²) in [5.41, 5.74) is -0.625. The molecule has 27 heavy (non-hydrogen) atoms. The summed E-state index contributed by atoms with van der Waals surface area (Å²) >= 11 is 0. The minimum atomic E-state index is -1.81. The fraction of sp³-hybridized carbons (Fsp3) is 0.750. The Labute approximate surface area is 159 Å². The van der Waals surface area contributed by atoms with Crippen LogP contribution in [0.4, 0.5) is 0 Å². The molecule has 0 amide bonds. The molecule has 0 aromatic carbocycles. The number of aliphatic hydroxyl groups is 3. The molecule has 7 atom stereocenters. The summed E-state index contributed by atoms with van der Waals surface area (Å²) in [7, 11) is 0. The Morgan fingerprint density at radius 3 is 2.78 bits per heavy atom. The number of hydrogen-bond donors (Lipinski definition) is 3. The Balaban J connectivity index is 2.02. The van der Waals surface area contributed by atoms with Crippen molar-refractivity contribution in [3.8, 4) is 0 Å². The van der Waals surface area contributed by atoms with Crippen molar-refractivity contribution in [2.24, 2.45) is 11.8 Å². The highest BCUT2D eigenvalue weighted by Crippen LogP contribution is 2.48. The molecule has 2 fully saturated rings. The SMILES string of the molecule is C=C1C(=O)O[C@@H]2/C=C(/CO)[C@]3(O)C[C@H](O)[C@](C)(C[C@@H](OC[C@@H](C)CC)[C@@H]12)O3. The van der Waals surface area contributed by atoms with Gasteiger partial charge in [-0.3, -0.25) is 0 Å². The average Bonchev–Trinajstić information content (AvgIpc) is 3.02. The summed E-state index contributed by atoms with van der Waals surface area (Å²) in [4.78, 5) is 12.2. The van der Waals surface area contributed by atoms with Gasteiger partial charge >= 0.3 is 5.97 Å². The van der Waals surface area contributed by atoms with E-state index in [1.165, 1.54) is 6.08 Å². The molecule has 0 radical (unpaired) electrons. The van der Waals surface area contributed by atoms with E-state index < -0.39 is 48.2 Å². The summed E-state index contributed by atoms with van der Waals surface area (Å²) in [6, 6.07) is 0. The van der Waals surface area contributed by atoms with Gasteiger partial charge in [0.25, 0.3) is 0 Å². The van der Waals surface area contributed by atoms with Crippen LogP contribution < -0.4 is 0 Å². The minimum absolute atomic E-state index is 0.0692. The first-order valence-electron chi connectivity index (χ1n) is 9.57. The monoisotopic (exact) mass is 382 g/mol. The molecule has 0 unspecified atom stereocenters. The molecule has 2 saturated heterocycles. The molecule has 152 valence electrons. The molecule has 3 heterocycles. The fourth-order valence-corrected chi connectivity index (χ4v) is 4.13. The fourth-order valence-electron chi connectivity index (χ4n) is 4.13. The van der Waals surface area contributed by atoms with E-state index >= 15 is 0 Å². The molecule has 0 spiro atoms. The van der Waals surface area contributed by atoms with Crippen molar-refractivity contribution in [3.63, 3.8) is 0 Å². The molecular formula is C20H30O7. The molecule has 7 heteroatoms. The minimum Gasteiger partial charge on any atom is -0.454 e. The number of aliphatic hydroxyl groups excluding tert-OH is 2. The number of carbonyl (C=O) groups is 1. The summed E-state index contributed by atoms with van der Waals surface area (Å²) < 4.78 is 17.5. The number of ether oxygens (including phenoxy) is 3. The van der Waals surface area contributed by atoms with E-state index in [0.717, 1.165) is 6.42 Å². The van der Waals surface area contributed by atoms with E-state index in [9.17, 15) is 20.1 Å². The van der Waals surface area contributed by atoms with Gasteiger partial charge in [-0.25, -0.2) is 4.79 Å². The van der Waals surface area contributed by atoms with Crippen molar-refractivity contribution in [2.45, 2.75) is 69.7 Å². The highest BCUT2D eigenvalue weighted by atomic mass is 16.7. The second-order valence-corrected chi connectivity index (χ2v) is 8.28. The van der Waals surface area contributed by atoms with Gasteiger partial charge in [-0.15, -0.1) is 0 Å². The molecule has 7 nitrogen and oxygen atoms in total. The van der Waals surface area contributed by atoms with Gasteiger partial charge in [-0.05, 0) is 18.9 Å². The Morgan fingerprint density at radius 2 is 2.15 bits per heavy atom. The van der Waals surface area contributed by atoms with Crippen LogP contribution in [0.2, 0.25) is 0 Å². The smallest absolute Gasteiger partial charge is 0.334 e. The van der Waals surface area contributed by atoms with Crippen LogP contribution in [-0.2, 0) is 19.0 Å². The largest absolute Gasteiger partial charge is 0.454 e. The molecule has 3 N–H and O–H groups in total. The van der Waals surface area contributed by atoms with Gasteiger partial charge < -0.3 is 29.5 Å². The highest BCUT2D eigenvalue weighted by Gasteiger charge is 2.58. The predicted molar refractivity (Wildman–Crippen MR) is 96.6 cm³/mol. The normalized spacial score (nSPS) is 44.6. The number of esters is 1. The molecule has 0 aliphatic carbocycles. The van der Waals surface area contributed by atoms with Crippen molar-refractivity contribution >= 4 is 5.97 Å². The van der Waals surface area contributed by atoms with Crippen molar-refractivity contribution in [1.29, 1.82) is 0 Å². The first-order chi connectivity index (χ1) is 12.6. The lowest BCUT2D eigenvalue weighted by Gasteiger charge is -2.35. The van der Waals surface area contributed by atoms with E-state index in [1.807, 2.05) is 0 Å². The third kappa shape index (κ3) is 3.59. The lowest BCUT2D eigenvalue weighted by molar-refractivity contribution is -0.211. The van der Waals surface area contributed by atoms with Gasteiger partial charge in [-0.2, -0.15) is 0 Å². The van der Waals surface area contributed by atoms with E-state index in [-0.39, 0.29) is 18.4 Å². The van der Waals surface area contributed by atoms with Crippen molar-refractivity contribution < 1.29 is 34.3 Å². The molecular weight excluding hydrogens is 352 g/mol. The molecule has 3 rings (SSSR count). The summed E-state index contributed by atoms with van der Waals surface area (Å²) in [6.07, 6.45) is 0.513. The molecule has 2 bridgehead atoms. The van der Waals surface area contributed by atoms with Gasteiger partial charge in [0.1, 0.15) is 6.10 Å². The van der Waals surface area contributed by atoms with Crippen molar-refractivity contribution in [2.75, 3.05) is 13.2 Å². The standard InChI is InChI=1S/C20H30O7/c1-5-11(2)10-25-15-7-19(4)16(22)8-20(24,27-19)13(9-21)6-14-17(15)12(3)18(23)26-14/h6,11,14-17,21-22,24H,3,5,7-10H2,1-2,4H3/b13-6-/t11-,14+,15+,16-,17-,19-,20-/m0/s1. The lowest BCUT2D eigenvalue weighted by Crippen LogP contribution is -2.44. The van der Waals surface area contributed by atoms with E-state index in [0.29, 0.717) is 18.1 Å². The van der Waals surface area contributed by atoms with Gasteiger partial charge in [0, 0.05) is 30.6 Å². The molecule has 3 aliphatic rings. The van der Waals surface area contributed by atoms with Crippen molar-refractivity contribution in [1.82, 2.24) is 0 Å². The van der Waals surface area contributed by atoms with E-state index in [4.69, 9.17) is 14.2 Å². The lowest BCUT2D eigenvalue weighted by atomic mass is 9.80. The van der Waals surface area contributed by atoms with Crippen LogP contribution in [0.25, 0.3) is 0 Å². The zero-order valence-corrected chi connectivity index (χ0v) is 16.2. The maximum Gasteiger partial charge on any atom is 0.334 e. The average molecular weight is 382 g/mol. The number of fused-ring (bicyclic) bond motifs is 3. The van der Waals surface area contributed by atoms with Crippen LogP contribution in [0.1, 0.15) is 40.0 Å². The van der Waals surface area contributed by atoms with Crippen molar-refractivity contribution in [3.05, 3.63) is 23.8 Å². The number of hydrogen-bond acceptors (Lipinski definition) is 7. The highest BCUT2D eigenvalue weighted by molar-refractivity contribution is 5.91. The quantitative estimate of drug-likeness (QED) is 0.371. The zero-order valence-electron chi connectivity index (χ0n) is 16.2. The first kappa shape index (κ1) is 20.5. The van der Waals surface area contributed by atoms with Crippen LogP contribution in [0, 0.1) is 11.8 Å². The van der Waals surface area contributed by atoms with Crippen LogP contribution in [0.5, 0.6) is 0 Å². The topological polar surface area (TPSA) is 105 Å². The summed E-state index contributed by atoms with van der Waals surface area (Å²) in [6.45, 7) is 9.74. The Kier molecular flexibility index (Phi) is 5.53. The Bertz CT molecular complexity index is 644. The van der Waals surface area contributed by atoms with Gasteiger partial charge in [0.2, 0.25) is 0 Å². The first-order valence-corrected chi connectivity index (χ1v) is 9.57. The summed E-state index contributed by atoms with van der Waals surface area (Å²) in [5, 5.41) is 31.3. The van der Waals surface area contributed by atoms with E-state index in [1.54, 1.807) is 6.92 Å². The summed E-state index contributed by atoms with van der Waals surface area (Å²) in [5.74, 6) is -2.47. The maximum atomic E-state index is 12.2. The van der Waals surface area contributed by atoms with Crippen LogP contribution in [-0.4, -0.2) is 64.2 Å². The molecule has 0 aromatic rings. The Morgan fingerprint density at radius 1 is 1.44 bits per heavy atom.